The maximum atomic E-state index is 11.6. The smallest absolute Gasteiger partial charge is 0.269 e. The summed E-state index contributed by atoms with van der Waals surface area (Å²) < 4.78 is 7.16. The minimum Gasteiger partial charge on any atom is -0.493 e. The molecular formula is C23H28N4O2S. The summed E-state index contributed by atoms with van der Waals surface area (Å²) in [7, 11) is 1.60. The molecule has 1 aromatic carbocycles. The van der Waals surface area contributed by atoms with Crippen LogP contribution in [0.5, 0.6) is 5.75 Å². The number of ether oxygens (including phenoxy) is 1. The maximum absolute atomic E-state index is 11.6. The zero-order valence-electron chi connectivity index (χ0n) is 17.3. The number of pyridine rings is 1. The third-order valence-electron chi connectivity index (χ3n) is 5.51. The molecule has 6 nitrogen and oxygen atoms in total. The number of hydrogen-bond acceptors (Lipinski definition) is 6. The molecule has 1 aliphatic heterocycles. The highest BCUT2D eigenvalue weighted by Gasteiger charge is 2.18. The quantitative estimate of drug-likeness (QED) is 0.560. The Morgan fingerprint density at radius 3 is 2.87 bits per heavy atom. The fourth-order valence-corrected chi connectivity index (χ4v) is 4.65. The van der Waals surface area contributed by atoms with Gasteiger partial charge in [0.1, 0.15) is 11.4 Å². The molecule has 0 unspecified atom stereocenters. The number of carbonyl (C=O) groups is 1. The Kier molecular flexibility index (Phi) is 6.81. The zero-order valence-corrected chi connectivity index (χ0v) is 18.2. The lowest BCUT2D eigenvalue weighted by Gasteiger charge is -2.36. The van der Waals surface area contributed by atoms with Crippen molar-refractivity contribution in [3.63, 3.8) is 0 Å². The highest BCUT2D eigenvalue weighted by molar-refractivity contribution is 7.17. The van der Waals surface area contributed by atoms with E-state index in [1.165, 1.54) is 15.8 Å². The monoisotopic (exact) mass is 424 g/mol. The largest absolute Gasteiger partial charge is 0.493 e. The molecule has 30 heavy (non-hydrogen) atoms. The van der Waals surface area contributed by atoms with Crippen LogP contribution in [0.4, 0.5) is 5.69 Å². The molecule has 1 amide bonds. The molecule has 1 N–H and O–H groups in total. The number of piperazine rings is 1. The molecule has 0 spiro atoms. The number of unbranched alkanes of at least 4 members (excludes halogenated alkanes) is 1. The highest BCUT2D eigenvalue weighted by Crippen LogP contribution is 2.31. The van der Waals surface area contributed by atoms with Gasteiger partial charge in [0.15, 0.2) is 0 Å². The van der Waals surface area contributed by atoms with E-state index in [0.29, 0.717) is 18.1 Å². The first-order valence-electron chi connectivity index (χ1n) is 10.5. The van der Waals surface area contributed by atoms with E-state index < -0.39 is 0 Å². The predicted octanol–water partition coefficient (Wildman–Crippen LogP) is 3.64. The SMILES string of the molecule is CNC(=O)c1cc(OCCCCN2CCN(c3cccc4sccc34)CC2)ccn1. The lowest BCUT2D eigenvalue weighted by atomic mass is 10.2. The standard InChI is InChI=1S/C23H28N4O2S/c1-24-23(28)20-17-18(7-9-25-20)29-15-3-2-10-26-11-13-27(14-12-26)21-5-4-6-22-19(21)8-16-30-22/h4-9,16-17H,2-3,10-15H2,1H3,(H,24,28). The molecule has 1 saturated heterocycles. The van der Waals surface area contributed by atoms with Crippen LogP contribution in [0.2, 0.25) is 0 Å². The zero-order chi connectivity index (χ0) is 20.8. The molecule has 0 bridgehead atoms. The first-order valence-corrected chi connectivity index (χ1v) is 11.4. The number of anilines is 1. The van der Waals surface area contributed by atoms with Crippen molar-refractivity contribution in [3.8, 4) is 5.75 Å². The van der Waals surface area contributed by atoms with Crippen molar-refractivity contribution < 1.29 is 9.53 Å². The van der Waals surface area contributed by atoms with Crippen molar-refractivity contribution in [3.05, 3.63) is 53.7 Å². The fourth-order valence-electron chi connectivity index (χ4n) is 3.85. The van der Waals surface area contributed by atoms with Crippen molar-refractivity contribution in [1.29, 1.82) is 0 Å². The number of benzene rings is 1. The van der Waals surface area contributed by atoms with E-state index in [2.05, 4.69) is 49.7 Å². The third-order valence-corrected chi connectivity index (χ3v) is 6.40. The second kappa shape index (κ2) is 9.91. The molecule has 0 atom stereocenters. The van der Waals surface area contributed by atoms with E-state index in [1.54, 1.807) is 25.4 Å². The second-order valence-corrected chi connectivity index (χ2v) is 8.40. The van der Waals surface area contributed by atoms with Gasteiger partial charge in [-0.25, -0.2) is 0 Å². The normalized spacial score (nSPS) is 14.8. The Hall–Kier alpha value is -2.64. The van der Waals surface area contributed by atoms with Crippen LogP contribution in [0.3, 0.4) is 0 Å². The predicted molar refractivity (Wildman–Crippen MR) is 123 cm³/mol. The number of nitrogens with one attached hydrogen (secondary N) is 1. The molecule has 158 valence electrons. The Morgan fingerprint density at radius 2 is 2.03 bits per heavy atom. The topological polar surface area (TPSA) is 57.7 Å². The van der Waals surface area contributed by atoms with Crippen molar-refractivity contribution in [2.75, 3.05) is 51.3 Å². The number of rotatable bonds is 8. The Balaban J connectivity index is 1.17. The molecule has 1 aliphatic rings. The van der Waals surface area contributed by atoms with Crippen molar-refractivity contribution in [2.45, 2.75) is 12.8 Å². The van der Waals surface area contributed by atoms with Crippen LogP contribution in [0.15, 0.2) is 48.0 Å². The molecule has 0 saturated carbocycles. The Labute approximate surface area is 181 Å². The van der Waals surface area contributed by atoms with Gasteiger partial charge in [-0.1, -0.05) is 6.07 Å². The third kappa shape index (κ3) is 4.91. The van der Waals surface area contributed by atoms with Crippen LogP contribution in [-0.2, 0) is 0 Å². The molecule has 0 radical (unpaired) electrons. The molecule has 2 aromatic heterocycles. The van der Waals surface area contributed by atoms with E-state index in [1.807, 2.05) is 11.3 Å². The number of carbonyl (C=O) groups excluding carboxylic acids is 1. The summed E-state index contributed by atoms with van der Waals surface area (Å²) in [6.07, 6.45) is 3.70. The first kappa shape index (κ1) is 20.6. The summed E-state index contributed by atoms with van der Waals surface area (Å²) in [4.78, 5) is 20.8. The average molecular weight is 425 g/mol. The van der Waals surface area contributed by atoms with Crippen molar-refractivity contribution >= 4 is 33.0 Å². The van der Waals surface area contributed by atoms with E-state index in [4.69, 9.17) is 4.74 Å². The van der Waals surface area contributed by atoms with Gasteiger partial charge < -0.3 is 15.0 Å². The molecule has 3 heterocycles. The lowest BCUT2D eigenvalue weighted by Crippen LogP contribution is -2.46. The summed E-state index contributed by atoms with van der Waals surface area (Å²) in [5, 5.41) is 6.13. The number of nitrogens with zero attached hydrogens (tertiary/aromatic N) is 3. The summed E-state index contributed by atoms with van der Waals surface area (Å²) in [5.41, 5.74) is 1.75. The molecule has 7 heteroatoms. The molecule has 1 fully saturated rings. The Morgan fingerprint density at radius 1 is 1.17 bits per heavy atom. The summed E-state index contributed by atoms with van der Waals surface area (Å²) in [5.74, 6) is 0.495. The number of amides is 1. The van der Waals surface area contributed by atoms with Gasteiger partial charge in [0, 0.05) is 61.3 Å². The second-order valence-electron chi connectivity index (χ2n) is 7.45. The molecule has 0 aliphatic carbocycles. The van der Waals surface area contributed by atoms with Crippen LogP contribution in [-0.4, -0.2) is 62.2 Å². The number of thiophene rings is 1. The molecular weight excluding hydrogens is 396 g/mol. The van der Waals surface area contributed by atoms with Gasteiger partial charge in [-0.3, -0.25) is 14.7 Å². The van der Waals surface area contributed by atoms with Crippen LogP contribution in [0, 0.1) is 0 Å². The van der Waals surface area contributed by atoms with Gasteiger partial charge in [-0.05, 0) is 49.0 Å². The van der Waals surface area contributed by atoms with Crippen LogP contribution < -0.4 is 15.0 Å². The first-order chi connectivity index (χ1) is 14.7. The highest BCUT2D eigenvalue weighted by atomic mass is 32.1. The van der Waals surface area contributed by atoms with Gasteiger partial charge in [-0.2, -0.15) is 0 Å². The van der Waals surface area contributed by atoms with Gasteiger partial charge in [0.2, 0.25) is 0 Å². The number of aromatic nitrogens is 1. The summed E-state index contributed by atoms with van der Waals surface area (Å²) in [6.45, 7) is 6.09. The minimum atomic E-state index is -0.199. The summed E-state index contributed by atoms with van der Waals surface area (Å²) >= 11 is 1.81. The van der Waals surface area contributed by atoms with E-state index in [-0.39, 0.29) is 5.91 Å². The molecule has 3 aromatic rings. The minimum absolute atomic E-state index is 0.199. The van der Waals surface area contributed by atoms with Crippen LogP contribution in [0.25, 0.3) is 10.1 Å². The van der Waals surface area contributed by atoms with Gasteiger partial charge >= 0.3 is 0 Å². The van der Waals surface area contributed by atoms with Crippen molar-refractivity contribution in [2.24, 2.45) is 0 Å². The maximum Gasteiger partial charge on any atom is 0.269 e. The summed E-state index contributed by atoms with van der Waals surface area (Å²) in [6, 6.07) is 12.3. The Bertz CT molecular complexity index is 982. The lowest BCUT2D eigenvalue weighted by molar-refractivity contribution is 0.0957. The van der Waals surface area contributed by atoms with Crippen LogP contribution >= 0.6 is 11.3 Å². The van der Waals surface area contributed by atoms with Gasteiger partial charge in [0.05, 0.1) is 6.61 Å². The van der Waals surface area contributed by atoms with Crippen LogP contribution in [0.1, 0.15) is 23.3 Å². The van der Waals surface area contributed by atoms with E-state index in [0.717, 1.165) is 45.6 Å². The van der Waals surface area contributed by atoms with Gasteiger partial charge in [-0.15, -0.1) is 11.3 Å². The fraction of sp³-hybridized carbons (Fsp3) is 0.391. The average Bonchev–Trinajstić information content (AvgIpc) is 3.28. The van der Waals surface area contributed by atoms with Crippen molar-refractivity contribution in [1.82, 2.24) is 15.2 Å². The molecule has 4 rings (SSSR count). The van der Waals surface area contributed by atoms with E-state index in [9.17, 15) is 4.79 Å². The van der Waals surface area contributed by atoms with Gasteiger partial charge in [0.25, 0.3) is 5.91 Å². The number of hydrogen-bond donors (Lipinski definition) is 1. The number of fused-ring (bicyclic) bond motifs is 1. The van der Waals surface area contributed by atoms with E-state index >= 15 is 0 Å².